The molecule has 14 heteroatoms. The molecule has 1 aromatic carbocycles. The molecule has 3 aliphatic heterocycles. The second-order valence-electron chi connectivity index (χ2n) is 16.7. The number of piperidine rings is 2. The van der Waals surface area contributed by atoms with E-state index in [0.717, 1.165) is 104 Å². The number of pyridine rings is 1. The van der Waals surface area contributed by atoms with E-state index in [1.807, 2.05) is 50.4 Å². The average molecular weight is 754 g/mol. The minimum atomic E-state index is -2.64. The molecule has 0 radical (unpaired) electrons. The fraction of sp³-hybridized carbons (Fsp3) is 0.537. The molecule has 5 aliphatic rings. The van der Waals surface area contributed by atoms with Gasteiger partial charge in [-0.25, -0.2) is 13.8 Å². The second kappa shape index (κ2) is 13.5. The Morgan fingerprint density at radius 1 is 1.04 bits per heavy atom. The van der Waals surface area contributed by atoms with E-state index in [-0.39, 0.29) is 29.7 Å². The van der Waals surface area contributed by atoms with Crippen LogP contribution in [-0.4, -0.2) is 113 Å². The lowest BCUT2D eigenvalue weighted by Gasteiger charge is -2.41. The molecular formula is C41H49F2N9O3. The zero-order valence-electron chi connectivity index (χ0n) is 31.7. The van der Waals surface area contributed by atoms with Gasteiger partial charge in [-0.2, -0.15) is 5.10 Å². The summed E-state index contributed by atoms with van der Waals surface area (Å²) < 4.78 is 29.0. The third-order valence-electron chi connectivity index (χ3n) is 13.5. The van der Waals surface area contributed by atoms with Gasteiger partial charge < -0.3 is 19.7 Å². The number of amides is 3. The number of nitrogens with zero attached hydrogens (tertiary/aromatic N) is 6. The molecule has 4 aromatic rings. The Kier molecular flexibility index (Phi) is 8.83. The summed E-state index contributed by atoms with van der Waals surface area (Å²) in [6.07, 6.45) is 5.43. The monoisotopic (exact) mass is 753 g/mol. The summed E-state index contributed by atoms with van der Waals surface area (Å²) in [6, 6.07) is 11.5. The van der Waals surface area contributed by atoms with Crippen molar-refractivity contribution < 1.29 is 23.2 Å². The highest BCUT2D eigenvalue weighted by atomic mass is 19.3. The van der Waals surface area contributed by atoms with Crippen molar-refractivity contribution in [1.82, 2.24) is 35.3 Å². The molecule has 6 heterocycles. The Morgan fingerprint density at radius 3 is 2.58 bits per heavy atom. The third kappa shape index (κ3) is 6.30. The van der Waals surface area contributed by atoms with Gasteiger partial charge in [0.2, 0.25) is 17.7 Å². The number of H-pyrrole nitrogens is 2. The molecule has 290 valence electrons. The number of aromatic amines is 2. The van der Waals surface area contributed by atoms with Crippen molar-refractivity contribution in [2.45, 2.75) is 70.3 Å². The summed E-state index contributed by atoms with van der Waals surface area (Å²) in [6.45, 7) is 10.0. The Balaban J connectivity index is 0.762. The van der Waals surface area contributed by atoms with Gasteiger partial charge in [-0.05, 0) is 74.4 Å². The number of halogens is 2. The molecule has 3 saturated heterocycles. The van der Waals surface area contributed by atoms with E-state index >= 15 is 0 Å². The largest absolute Gasteiger partial charge is 0.357 e. The Hall–Kier alpha value is -4.69. The number of nitrogens with one attached hydrogen (secondary N) is 3. The van der Waals surface area contributed by atoms with Crippen molar-refractivity contribution in [3.63, 3.8) is 0 Å². The molecule has 55 heavy (non-hydrogen) atoms. The number of alkyl halides is 2. The van der Waals surface area contributed by atoms with E-state index < -0.39 is 17.3 Å². The second-order valence-corrected chi connectivity index (χ2v) is 16.7. The lowest BCUT2D eigenvalue weighted by molar-refractivity contribution is -0.134. The number of anilines is 2. The molecule has 1 saturated carbocycles. The van der Waals surface area contributed by atoms with E-state index in [1.165, 1.54) is 0 Å². The fourth-order valence-corrected chi connectivity index (χ4v) is 9.72. The molecular weight excluding hydrogens is 705 g/mol. The van der Waals surface area contributed by atoms with Crippen LogP contribution in [0.5, 0.6) is 0 Å². The number of aromatic nitrogens is 4. The molecule has 0 spiro atoms. The molecule has 3 amide bonds. The number of hydrogen-bond donors (Lipinski definition) is 3. The van der Waals surface area contributed by atoms with Gasteiger partial charge in [0.15, 0.2) is 0 Å². The van der Waals surface area contributed by atoms with Crippen molar-refractivity contribution in [2.24, 2.45) is 17.3 Å². The first-order valence-corrected chi connectivity index (χ1v) is 19.8. The summed E-state index contributed by atoms with van der Waals surface area (Å²) in [5.41, 5.74) is 4.77. The molecule has 2 aliphatic carbocycles. The number of rotatable bonds is 8. The summed E-state index contributed by atoms with van der Waals surface area (Å²) in [5, 5.41) is 11.0. The first-order chi connectivity index (χ1) is 26.4. The lowest BCUT2D eigenvalue weighted by atomic mass is 9.87. The highest BCUT2D eigenvalue weighted by molar-refractivity contribution is 6.01. The Labute approximate surface area is 319 Å². The molecule has 3 N–H and O–H groups in total. The van der Waals surface area contributed by atoms with E-state index in [0.29, 0.717) is 37.3 Å². The maximum absolute atomic E-state index is 14.5. The predicted octanol–water partition coefficient (Wildman–Crippen LogP) is 4.73. The van der Waals surface area contributed by atoms with Crippen LogP contribution >= 0.6 is 0 Å². The first-order valence-electron chi connectivity index (χ1n) is 19.8. The van der Waals surface area contributed by atoms with Crippen LogP contribution in [0, 0.1) is 17.3 Å². The van der Waals surface area contributed by atoms with Crippen LogP contribution in [-0.2, 0) is 27.2 Å². The van der Waals surface area contributed by atoms with Gasteiger partial charge in [0.05, 0.1) is 17.7 Å². The summed E-state index contributed by atoms with van der Waals surface area (Å²) >= 11 is 0. The Morgan fingerprint density at radius 2 is 1.82 bits per heavy atom. The summed E-state index contributed by atoms with van der Waals surface area (Å²) in [4.78, 5) is 54.7. The number of hydrogen-bond acceptors (Lipinski definition) is 8. The zero-order chi connectivity index (χ0) is 38.2. The number of piperazine rings is 1. The minimum absolute atomic E-state index is 0.0389. The van der Waals surface area contributed by atoms with Gasteiger partial charge in [-0.1, -0.05) is 13.0 Å². The number of carbonyl (C=O) groups is 3. The molecule has 0 bridgehead atoms. The van der Waals surface area contributed by atoms with E-state index in [1.54, 1.807) is 18.0 Å². The van der Waals surface area contributed by atoms with Crippen molar-refractivity contribution >= 4 is 40.1 Å². The number of benzene rings is 1. The maximum Gasteiger partial charge on any atom is 0.258 e. The normalized spacial score (nSPS) is 26.4. The molecule has 1 unspecified atom stereocenters. The van der Waals surface area contributed by atoms with Crippen LogP contribution in [0.4, 0.5) is 20.3 Å². The van der Waals surface area contributed by atoms with Crippen molar-refractivity contribution in [3.8, 4) is 11.4 Å². The smallest absolute Gasteiger partial charge is 0.258 e. The molecule has 12 nitrogen and oxygen atoms in total. The number of imide groups is 1. The van der Waals surface area contributed by atoms with Gasteiger partial charge in [-0.3, -0.25) is 29.7 Å². The predicted molar refractivity (Wildman–Crippen MR) is 205 cm³/mol. The van der Waals surface area contributed by atoms with Crippen LogP contribution < -0.4 is 15.1 Å². The van der Waals surface area contributed by atoms with Crippen molar-refractivity contribution in [1.29, 1.82) is 0 Å². The van der Waals surface area contributed by atoms with Crippen LogP contribution in [0.3, 0.4) is 0 Å². The Bertz CT molecular complexity index is 2150. The summed E-state index contributed by atoms with van der Waals surface area (Å²) in [7, 11) is 1.82. The summed E-state index contributed by atoms with van der Waals surface area (Å²) in [5.74, 6) is -2.50. The molecule has 4 atom stereocenters. The van der Waals surface area contributed by atoms with Crippen LogP contribution in [0.1, 0.15) is 62.3 Å². The third-order valence-corrected chi connectivity index (χ3v) is 13.5. The molecule has 4 fully saturated rings. The zero-order valence-corrected chi connectivity index (χ0v) is 31.7. The first kappa shape index (κ1) is 36.0. The maximum atomic E-state index is 14.5. The topological polar surface area (TPSA) is 134 Å². The van der Waals surface area contributed by atoms with Crippen LogP contribution in [0.2, 0.25) is 0 Å². The van der Waals surface area contributed by atoms with Crippen LogP contribution in [0.15, 0.2) is 42.6 Å². The van der Waals surface area contributed by atoms with Gasteiger partial charge >= 0.3 is 0 Å². The number of likely N-dealkylation sites (N-methyl/N-ethyl adjacent to an activating group) is 1. The van der Waals surface area contributed by atoms with Crippen molar-refractivity contribution in [2.75, 3.05) is 62.7 Å². The highest BCUT2D eigenvalue weighted by Crippen LogP contribution is 2.70. The standard InChI is InChI=1S/C41H49F2N9O3/c1-24(39(55)49(3)28-5-4-27-18-32(45-31(27)20-28)37-30-21-34-40(2,41(34,42)43)22-33(30)47-48-37)51-16-14-50(15-17-51)23-25-9-12-52(13-10-25)35-19-26(8-11-44-35)29-6-7-36(53)46-38(29)54/h4-5,8,11,18-20,24-25,29,34,45H,6-7,9-10,12-17,21-23H2,1-3H3,(H,47,48)(H,46,53,54)/t24-,29?,34-,40+/m0/s1. The fourth-order valence-electron chi connectivity index (χ4n) is 9.72. The highest BCUT2D eigenvalue weighted by Gasteiger charge is 2.78. The quantitative estimate of drug-likeness (QED) is 0.220. The number of carbonyl (C=O) groups excluding carboxylic acids is 3. The molecule has 9 rings (SSSR count). The molecule has 3 aromatic heterocycles. The van der Waals surface area contributed by atoms with Crippen LogP contribution in [0.25, 0.3) is 22.3 Å². The van der Waals surface area contributed by atoms with E-state index in [9.17, 15) is 23.2 Å². The minimum Gasteiger partial charge on any atom is -0.357 e. The van der Waals surface area contributed by atoms with E-state index in [4.69, 9.17) is 0 Å². The van der Waals surface area contributed by atoms with Gasteiger partial charge in [0.1, 0.15) is 11.5 Å². The van der Waals surface area contributed by atoms with Gasteiger partial charge in [-0.15, -0.1) is 0 Å². The lowest BCUT2D eigenvalue weighted by Crippen LogP contribution is -2.55. The average Bonchev–Trinajstić information content (AvgIpc) is 3.57. The van der Waals surface area contributed by atoms with Crippen molar-refractivity contribution in [3.05, 3.63) is 59.4 Å². The number of fused-ring (bicyclic) bond motifs is 3. The SMILES string of the molecule is C[C@@H](C(=O)N(C)c1ccc2cc(-c3n[nH]c4c3C[C@@H]3C(F)(F)[C@]3(C)C4)[nH]c2c1)N1CCN(CC2CCN(c3cc(C4CCC(=O)NC4=O)ccn3)CC2)CC1. The van der Waals surface area contributed by atoms with Gasteiger partial charge in [0, 0.05) is 111 Å². The van der Waals surface area contributed by atoms with E-state index in [2.05, 4.69) is 40.2 Å². The van der Waals surface area contributed by atoms with Gasteiger partial charge in [0.25, 0.3) is 5.92 Å².